The van der Waals surface area contributed by atoms with Gasteiger partial charge in [-0.3, -0.25) is 4.79 Å². The molecule has 6 nitrogen and oxygen atoms in total. The van der Waals surface area contributed by atoms with E-state index in [0.717, 1.165) is 17.0 Å². The second-order valence-corrected chi connectivity index (χ2v) is 8.23. The maximum atomic E-state index is 12.4. The van der Waals surface area contributed by atoms with E-state index in [1.165, 1.54) is 0 Å². The Balaban J connectivity index is 2.49. The van der Waals surface area contributed by atoms with Crippen molar-refractivity contribution >= 4 is 27.4 Å². The quantitative estimate of drug-likeness (QED) is 0.348. The number of methoxy groups -OCH3 is 3. The number of ether oxygens (including phenoxy) is 4. The lowest BCUT2D eigenvalue weighted by Gasteiger charge is -2.28. The van der Waals surface area contributed by atoms with Crippen LogP contribution in [0, 0.1) is 0 Å². The minimum Gasteiger partial charge on any atom is -0.494 e. The zero-order chi connectivity index (χ0) is 20.2. The Hall–Kier alpha value is -1.15. The lowest BCUT2D eigenvalue weighted by Crippen LogP contribution is -2.29. The van der Waals surface area contributed by atoms with Gasteiger partial charge in [-0.15, -0.1) is 0 Å². The second-order valence-electron chi connectivity index (χ2n) is 7.67. The molecule has 0 aliphatic carbocycles. The molecule has 0 bridgehead atoms. The number of halogens is 1. The average Bonchev–Trinajstić information content (AvgIpc) is 3.06. The van der Waals surface area contributed by atoms with Crippen molar-refractivity contribution in [1.82, 2.24) is 0 Å². The molecule has 1 aliphatic rings. The highest BCUT2D eigenvalue weighted by Crippen LogP contribution is 2.41. The number of hydrogen-bond acceptors (Lipinski definition) is 6. The number of carbonyl (C=O) groups excluding carboxylic acids is 1. The van der Waals surface area contributed by atoms with Gasteiger partial charge in [-0.2, -0.15) is 0 Å². The van der Waals surface area contributed by atoms with Gasteiger partial charge in [0.25, 0.3) is 0 Å². The highest BCUT2D eigenvalue weighted by atomic mass is 79.9. The molecule has 1 aromatic rings. The van der Waals surface area contributed by atoms with Crippen molar-refractivity contribution in [2.75, 3.05) is 51.4 Å². The Morgan fingerprint density at radius 2 is 1.85 bits per heavy atom. The fraction of sp³-hybridized carbons (Fsp3) is 0.650. The zero-order valence-electron chi connectivity index (χ0n) is 17.0. The molecule has 2 rings (SSSR count). The Morgan fingerprint density at radius 3 is 2.37 bits per heavy atom. The summed E-state index contributed by atoms with van der Waals surface area (Å²) in [5.41, 5.74) is 2.39. The van der Waals surface area contributed by atoms with Gasteiger partial charge < -0.3 is 23.8 Å². The third kappa shape index (κ3) is 5.02. The first-order chi connectivity index (χ1) is 12.8. The van der Waals surface area contributed by atoms with Gasteiger partial charge in [0.1, 0.15) is 24.8 Å². The smallest absolute Gasteiger partial charge is 0.173 e. The van der Waals surface area contributed by atoms with Crippen molar-refractivity contribution < 1.29 is 23.7 Å². The van der Waals surface area contributed by atoms with Crippen LogP contribution in [0.4, 0.5) is 5.69 Å². The van der Waals surface area contributed by atoms with Crippen molar-refractivity contribution in [2.45, 2.75) is 38.4 Å². The summed E-state index contributed by atoms with van der Waals surface area (Å²) in [7, 11) is 4.95. The van der Waals surface area contributed by atoms with Crippen LogP contribution < -0.4 is 9.64 Å². The third-order valence-corrected chi connectivity index (χ3v) is 5.29. The zero-order valence-corrected chi connectivity index (χ0v) is 18.6. The number of rotatable bonds is 8. The van der Waals surface area contributed by atoms with Gasteiger partial charge in [0, 0.05) is 38.4 Å². The monoisotopic (exact) mass is 443 g/mol. The van der Waals surface area contributed by atoms with Gasteiger partial charge in [0.15, 0.2) is 5.78 Å². The molecule has 7 heteroatoms. The number of carbonyl (C=O) groups is 1. The van der Waals surface area contributed by atoms with Crippen LogP contribution in [0.5, 0.6) is 5.75 Å². The van der Waals surface area contributed by atoms with Gasteiger partial charge in [-0.05, 0) is 17.5 Å². The first-order valence-electron chi connectivity index (χ1n) is 8.96. The summed E-state index contributed by atoms with van der Waals surface area (Å²) in [6.45, 7) is 7.84. The van der Waals surface area contributed by atoms with E-state index in [9.17, 15) is 4.79 Å². The molecule has 1 heterocycles. The lowest BCUT2D eigenvalue weighted by molar-refractivity contribution is -0.102. The molecule has 152 valence electrons. The van der Waals surface area contributed by atoms with Crippen LogP contribution >= 0.6 is 15.9 Å². The highest BCUT2D eigenvalue weighted by Gasteiger charge is 2.36. The predicted octanol–water partition coefficient (Wildman–Crippen LogP) is 3.39. The fourth-order valence-electron chi connectivity index (χ4n) is 3.34. The second kappa shape index (κ2) is 9.37. The standard InChI is InChI=1S/C20H30BrNO5/c1-20(2,3)14-7-13(16(23)9-21)8-15(19(14)26-6)22-10-17(25-5)18(11-22)27-12-24-4/h7-8,17-18H,9-12H2,1-6H3/t17-,18-/m1/s1. The van der Waals surface area contributed by atoms with E-state index in [-0.39, 0.29) is 35.5 Å². The third-order valence-electron chi connectivity index (χ3n) is 4.78. The summed E-state index contributed by atoms with van der Waals surface area (Å²) in [6, 6.07) is 3.85. The van der Waals surface area contributed by atoms with Crippen LogP contribution in [0.15, 0.2) is 12.1 Å². The summed E-state index contributed by atoms with van der Waals surface area (Å²) in [4.78, 5) is 14.6. The highest BCUT2D eigenvalue weighted by molar-refractivity contribution is 9.09. The number of alkyl halides is 1. The molecule has 1 fully saturated rings. The minimum absolute atomic E-state index is 0.0408. The van der Waals surface area contributed by atoms with Crippen LogP contribution in [-0.2, 0) is 19.6 Å². The summed E-state index contributed by atoms with van der Waals surface area (Å²) >= 11 is 3.28. The molecule has 27 heavy (non-hydrogen) atoms. The van der Waals surface area contributed by atoms with Crippen LogP contribution in [0.1, 0.15) is 36.7 Å². The van der Waals surface area contributed by atoms with E-state index >= 15 is 0 Å². The van der Waals surface area contributed by atoms with E-state index in [1.807, 2.05) is 12.1 Å². The van der Waals surface area contributed by atoms with E-state index in [1.54, 1.807) is 21.3 Å². The van der Waals surface area contributed by atoms with Gasteiger partial charge in [-0.1, -0.05) is 36.7 Å². The summed E-state index contributed by atoms with van der Waals surface area (Å²) < 4.78 is 22.2. The van der Waals surface area contributed by atoms with Crippen LogP contribution in [0.2, 0.25) is 0 Å². The molecule has 0 unspecified atom stereocenters. The van der Waals surface area contributed by atoms with E-state index in [4.69, 9.17) is 18.9 Å². The average molecular weight is 444 g/mol. The van der Waals surface area contributed by atoms with Crippen molar-refractivity contribution in [3.8, 4) is 5.75 Å². The predicted molar refractivity (Wildman–Crippen MR) is 110 cm³/mol. The molecular weight excluding hydrogens is 414 g/mol. The molecule has 0 spiro atoms. The molecule has 0 amide bonds. The van der Waals surface area contributed by atoms with E-state index in [2.05, 4.69) is 41.6 Å². The molecule has 0 N–H and O–H groups in total. The van der Waals surface area contributed by atoms with Gasteiger partial charge in [0.2, 0.25) is 0 Å². The topological polar surface area (TPSA) is 57.2 Å². The molecule has 1 aromatic carbocycles. The lowest BCUT2D eigenvalue weighted by atomic mass is 9.84. The summed E-state index contributed by atoms with van der Waals surface area (Å²) in [6.07, 6.45) is -0.202. The molecule has 0 aromatic heterocycles. The van der Waals surface area contributed by atoms with Crippen molar-refractivity contribution in [2.24, 2.45) is 0 Å². The van der Waals surface area contributed by atoms with Gasteiger partial charge >= 0.3 is 0 Å². The molecular formula is C20H30BrNO5. The van der Waals surface area contributed by atoms with Crippen molar-refractivity contribution in [3.05, 3.63) is 23.3 Å². The maximum Gasteiger partial charge on any atom is 0.173 e. The normalized spacial score (nSPS) is 20.2. The fourth-order valence-corrected chi connectivity index (χ4v) is 3.66. The van der Waals surface area contributed by atoms with Crippen molar-refractivity contribution in [3.63, 3.8) is 0 Å². The molecule has 2 atom stereocenters. The number of hydrogen-bond donors (Lipinski definition) is 0. The molecule has 1 saturated heterocycles. The largest absolute Gasteiger partial charge is 0.494 e. The first kappa shape index (κ1) is 22.1. The number of nitrogens with zero attached hydrogens (tertiary/aromatic N) is 1. The Bertz CT molecular complexity index is 659. The number of anilines is 1. The molecule has 0 radical (unpaired) electrons. The Morgan fingerprint density at radius 1 is 1.19 bits per heavy atom. The van der Waals surface area contributed by atoms with E-state index < -0.39 is 0 Å². The number of Topliss-reactive ketones (excluding diaryl/α,β-unsaturated/α-hetero) is 1. The van der Waals surface area contributed by atoms with E-state index in [0.29, 0.717) is 18.7 Å². The SMILES string of the molecule is COCO[C@@H]1CN(c2cc(C(=O)CBr)cc(C(C)(C)C)c2OC)C[C@H]1OC. The number of ketones is 1. The molecule has 0 saturated carbocycles. The summed E-state index contributed by atoms with van der Waals surface area (Å²) in [5.74, 6) is 0.829. The van der Waals surface area contributed by atoms with Gasteiger partial charge in [-0.25, -0.2) is 0 Å². The van der Waals surface area contributed by atoms with Crippen LogP contribution in [0.3, 0.4) is 0 Å². The Labute approximate surface area is 170 Å². The first-order valence-corrected chi connectivity index (χ1v) is 10.1. The molecule has 1 aliphatic heterocycles. The van der Waals surface area contributed by atoms with Gasteiger partial charge in [0.05, 0.1) is 18.1 Å². The maximum absolute atomic E-state index is 12.4. The Kier molecular flexibility index (Phi) is 7.68. The number of benzene rings is 1. The van der Waals surface area contributed by atoms with Crippen molar-refractivity contribution in [1.29, 1.82) is 0 Å². The van der Waals surface area contributed by atoms with Crippen LogP contribution in [-0.4, -0.2) is 64.5 Å². The minimum atomic E-state index is -0.172. The van der Waals surface area contributed by atoms with Crippen LogP contribution in [0.25, 0.3) is 0 Å². The summed E-state index contributed by atoms with van der Waals surface area (Å²) in [5, 5.41) is 0.280.